The molecule has 0 spiro atoms. The fourth-order valence-electron chi connectivity index (χ4n) is 3.59. The van der Waals surface area contributed by atoms with Crippen LogP contribution in [0.1, 0.15) is 28.6 Å². The number of aryl methyl sites for hydroxylation is 2. The molecule has 3 heterocycles. The molecular formula is C22H25N5O2. The molecule has 1 N–H and O–H groups in total. The van der Waals surface area contributed by atoms with Crippen LogP contribution in [0.3, 0.4) is 0 Å². The molecule has 0 unspecified atom stereocenters. The number of furan rings is 1. The van der Waals surface area contributed by atoms with Crippen molar-refractivity contribution < 1.29 is 9.21 Å². The molecule has 0 bridgehead atoms. The van der Waals surface area contributed by atoms with Gasteiger partial charge in [-0.2, -0.15) is 4.98 Å². The zero-order valence-corrected chi connectivity index (χ0v) is 16.8. The summed E-state index contributed by atoms with van der Waals surface area (Å²) in [6.45, 7) is 6.91. The van der Waals surface area contributed by atoms with E-state index in [4.69, 9.17) is 9.40 Å². The topological polar surface area (TPSA) is 74.5 Å². The Morgan fingerprint density at radius 1 is 1.14 bits per heavy atom. The second-order valence-corrected chi connectivity index (χ2v) is 7.08. The zero-order chi connectivity index (χ0) is 20.2. The molecule has 0 aliphatic carbocycles. The third-order valence-electron chi connectivity index (χ3n) is 5.24. The van der Waals surface area contributed by atoms with E-state index < -0.39 is 0 Å². The van der Waals surface area contributed by atoms with E-state index in [1.807, 2.05) is 11.0 Å². The van der Waals surface area contributed by atoms with Crippen LogP contribution in [0.4, 0.5) is 17.5 Å². The van der Waals surface area contributed by atoms with E-state index in [1.54, 1.807) is 18.3 Å². The van der Waals surface area contributed by atoms with Crippen molar-refractivity contribution in [1.82, 2.24) is 14.9 Å². The molecule has 29 heavy (non-hydrogen) atoms. The van der Waals surface area contributed by atoms with Crippen molar-refractivity contribution in [1.29, 1.82) is 0 Å². The Balaban J connectivity index is 1.44. The van der Waals surface area contributed by atoms with Crippen LogP contribution in [0.25, 0.3) is 0 Å². The van der Waals surface area contributed by atoms with E-state index in [1.165, 1.54) is 17.4 Å². The van der Waals surface area contributed by atoms with Crippen LogP contribution in [-0.2, 0) is 6.42 Å². The van der Waals surface area contributed by atoms with Crippen LogP contribution in [0.2, 0.25) is 0 Å². The van der Waals surface area contributed by atoms with Gasteiger partial charge >= 0.3 is 0 Å². The molecule has 7 nitrogen and oxygen atoms in total. The van der Waals surface area contributed by atoms with Crippen LogP contribution < -0.4 is 10.2 Å². The van der Waals surface area contributed by atoms with Gasteiger partial charge in [-0.1, -0.05) is 25.1 Å². The number of para-hydroxylation sites is 1. The Labute approximate surface area is 170 Å². The van der Waals surface area contributed by atoms with Gasteiger partial charge in [-0.15, -0.1) is 0 Å². The lowest BCUT2D eigenvalue weighted by Crippen LogP contribution is -2.49. The molecule has 150 valence electrons. The summed E-state index contributed by atoms with van der Waals surface area (Å²) < 4.78 is 5.23. The highest BCUT2D eigenvalue weighted by atomic mass is 16.3. The highest BCUT2D eigenvalue weighted by Gasteiger charge is 2.24. The Kier molecular flexibility index (Phi) is 5.46. The number of rotatable bonds is 5. The molecule has 1 fully saturated rings. The number of piperazine rings is 1. The van der Waals surface area contributed by atoms with Crippen LogP contribution in [0, 0.1) is 6.92 Å². The average molecular weight is 391 g/mol. The number of benzene rings is 1. The molecule has 3 aromatic rings. The maximum absolute atomic E-state index is 12.4. The molecule has 0 saturated carbocycles. The maximum atomic E-state index is 12.4. The molecule has 1 aliphatic heterocycles. The standard InChI is InChI=1S/C22H25N5O2/c1-3-17-7-4-6-16(2)20(17)25-22-23-10-9-19(24-22)26-11-13-27(14-12-26)21(28)18-8-5-15-29-18/h4-10,15H,3,11-14H2,1-2H3,(H,23,24,25). The minimum atomic E-state index is -0.0636. The van der Waals surface area contributed by atoms with Crippen molar-refractivity contribution in [2.75, 3.05) is 36.4 Å². The molecular weight excluding hydrogens is 366 g/mol. The number of hydrogen-bond acceptors (Lipinski definition) is 6. The van der Waals surface area contributed by atoms with Gasteiger partial charge in [0.25, 0.3) is 5.91 Å². The molecule has 1 saturated heterocycles. The van der Waals surface area contributed by atoms with Gasteiger partial charge in [-0.3, -0.25) is 4.79 Å². The zero-order valence-electron chi connectivity index (χ0n) is 16.8. The molecule has 1 aliphatic rings. The largest absolute Gasteiger partial charge is 0.459 e. The second kappa shape index (κ2) is 8.34. The van der Waals surface area contributed by atoms with E-state index in [0.29, 0.717) is 37.9 Å². The fraction of sp³-hybridized carbons (Fsp3) is 0.318. The number of nitrogens with zero attached hydrogens (tertiary/aromatic N) is 4. The first-order chi connectivity index (χ1) is 14.2. The van der Waals surface area contributed by atoms with Crippen molar-refractivity contribution >= 4 is 23.4 Å². The summed E-state index contributed by atoms with van der Waals surface area (Å²) in [5.74, 6) is 1.77. The molecule has 1 amide bonds. The Bertz CT molecular complexity index is 979. The highest BCUT2D eigenvalue weighted by molar-refractivity contribution is 5.91. The van der Waals surface area contributed by atoms with Crippen LogP contribution in [0.15, 0.2) is 53.3 Å². The third-order valence-corrected chi connectivity index (χ3v) is 5.24. The first-order valence-electron chi connectivity index (χ1n) is 9.92. The smallest absolute Gasteiger partial charge is 0.289 e. The lowest BCUT2D eigenvalue weighted by atomic mass is 10.1. The number of nitrogens with one attached hydrogen (secondary N) is 1. The molecule has 1 aromatic carbocycles. The third kappa shape index (κ3) is 4.08. The van der Waals surface area contributed by atoms with Crippen molar-refractivity contribution in [3.8, 4) is 0 Å². The monoisotopic (exact) mass is 391 g/mol. The van der Waals surface area contributed by atoms with E-state index in [2.05, 4.69) is 47.2 Å². The Hall–Kier alpha value is -3.35. The van der Waals surface area contributed by atoms with Gasteiger partial charge in [0.2, 0.25) is 5.95 Å². The van der Waals surface area contributed by atoms with E-state index in [9.17, 15) is 4.79 Å². The minimum Gasteiger partial charge on any atom is -0.459 e. The van der Waals surface area contributed by atoms with Crippen LogP contribution >= 0.6 is 0 Å². The van der Waals surface area contributed by atoms with Gasteiger partial charge in [0.15, 0.2) is 5.76 Å². The minimum absolute atomic E-state index is 0.0636. The number of anilines is 3. The molecule has 4 rings (SSSR count). The van der Waals surface area contributed by atoms with Gasteiger partial charge < -0.3 is 19.5 Å². The predicted molar refractivity (Wildman–Crippen MR) is 113 cm³/mol. The van der Waals surface area contributed by atoms with Gasteiger partial charge in [0, 0.05) is 38.1 Å². The van der Waals surface area contributed by atoms with E-state index in [0.717, 1.165) is 17.9 Å². The number of hydrogen-bond donors (Lipinski definition) is 1. The molecule has 2 aromatic heterocycles. The normalized spacial score (nSPS) is 14.1. The summed E-state index contributed by atoms with van der Waals surface area (Å²) in [5.41, 5.74) is 3.48. The fourth-order valence-corrected chi connectivity index (χ4v) is 3.59. The lowest BCUT2D eigenvalue weighted by molar-refractivity contribution is 0.0714. The predicted octanol–water partition coefficient (Wildman–Crippen LogP) is 3.65. The molecule has 7 heteroatoms. The number of carbonyl (C=O) groups excluding carboxylic acids is 1. The molecule has 0 radical (unpaired) electrons. The summed E-state index contributed by atoms with van der Waals surface area (Å²) in [4.78, 5) is 25.5. The lowest BCUT2D eigenvalue weighted by Gasteiger charge is -2.35. The van der Waals surface area contributed by atoms with Crippen LogP contribution in [0.5, 0.6) is 0 Å². The summed E-state index contributed by atoms with van der Waals surface area (Å²) in [6, 6.07) is 11.6. The second-order valence-electron chi connectivity index (χ2n) is 7.08. The van der Waals surface area contributed by atoms with Crippen LogP contribution in [-0.4, -0.2) is 47.0 Å². The first kappa shape index (κ1) is 19.0. The van der Waals surface area contributed by atoms with E-state index in [-0.39, 0.29) is 5.91 Å². The van der Waals surface area contributed by atoms with Crippen molar-refractivity contribution in [3.05, 3.63) is 65.7 Å². The summed E-state index contributed by atoms with van der Waals surface area (Å²) in [5, 5.41) is 3.39. The average Bonchev–Trinajstić information content (AvgIpc) is 3.30. The van der Waals surface area contributed by atoms with Gasteiger partial charge in [-0.05, 0) is 42.7 Å². The summed E-state index contributed by atoms with van der Waals surface area (Å²) in [7, 11) is 0. The highest BCUT2D eigenvalue weighted by Crippen LogP contribution is 2.25. The summed E-state index contributed by atoms with van der Waals surface area (Å²) in [6.07, 6.45) is 4.24. The van der Waals surface area contributed by atoms with Gasteiger partial charge in [0.1, 0.15) is 5.82 Å². The van der Waals surface area contributed by atoms with E-state index >= 15 is 0 Å². The Morgan fingerprint density at radius 2 is 1.97 bits per heavy atom. The molecule has 0 atom stereocenters. The maximum Gasteiger partial charge on any atom is 0.289 e. The summed E-state index contributed by atoms with van der Waals surface area (Å²) >= 11 is 0. The van der Waals surface area contributed by atoms with Crippen molar-refractivity contribution in [2.45, 2.75) is 20.3 Å². The van der Waals surface area contributed by atoms with Gasteiger partial charge in [0.05, 0.1) is 6.26 Å². The number of carbonyl (C=O) groups is 1. The van der Waals surface area contributed by atoms with Crippen molar-refractivity contribution in [2.24, 2.45) is 0 Å². The SMILES string of the molecule is CCc1cccc(C)c1Nc1nccc(N2CCN(C(=O)c3ccco3)CC2)n1. The number of amides is 1. The van der Waals surface area contributed by atoms with Crippen molar-refractivity contribution in [3.63, 3.8) is 0 Å². The quantitative estimate of drug-likeness (QED) is 0.716. The first-order valence-corrected chi connectivity index (χ1v) is 9.92. The number of aromatic nitrogens is 2. The van der Waals surface area contributed by atoms with Gasteiger partial charge in [-0.25, -0.2) is 4.98 Å². The Morgan fingerprint density at radius 3 is 2.69 bits per heavy atom.